The maximum Gasteiger partial charge on any atom is 0.315 e. The number of rotatable bonds is 7. The van der Waals surface area contributed by atoms with E-state index in [0.717, 1.165) is 35.4 Å². The Balaban J connectivity index is 1.62. The molecule has 2 heterocycles. The van der Waals surface area contributed by atoms with E-state index < -0.39 is 0 Å². The molecule has 3 N–H and O–H groups in total. The molecule has 1 aromatic carbocycles. The molecular weight excluding hydrogens is 370 g/mol. The first-order chi connectivity index (χ1) is 13.8. The van der Waals surface area contributed by atoms with Crippen molar-refractivity contribution >= 4 is 28.5 Å². The first-order valence-electron chi connectivity index (χ1n) is 9.78. The summed E-state index contributed by atoms with van der Waals surface area (Å²) in [6.45, 7) is 9.11. The van der Waals surface area contributed by atoms with Gasteiger partial charge in [0.1, 0.15) is 11.6 Å². The summed E-state index contributed by atoms with van der Waals surface area (Å²) in [6.07, 6.45) is 1.74. The van der Waals surface area contributed by atoms with Crippen molar-refractivity contribution in [3.63, 3.8) is 0 Å². The van der Waals surface area contributed by atoms with E-state index in [1.807, 2.05) is 50.3 Å². The van der Waals surface area contributed by atoms with Gasteiger partial charge in [-0.25, -0.2) is 9.78 Å². The molecule has 0 atom stereocenters. The number of hydrogen-bond donors (Lipinski definition) is 3. The Morgan fingerprint density at radius 1 is 1.17 bits per heavy atom. The first kappa shape index (κ1) is 20.6. The molecule has 29 heavy (non-hydrogen) atoms. The van der Waals surface area contributed by atoms with Crippen molar-refractivity contribution in [3.8, 4) is 5.75 Å². The molecule has 156 valence electrons. The SMILES string of the molecule is COc1ccc2c(c1)nc(NCCCCNC(=O)NC(C)(C)C)c1nnc(C)n12. The Bertz CT molecular complexity index is 1010. The van der Waals surface area contributed by atoms with Crippen LogP contribution in [-0.4, -0.2) is 51.4 Å². The van der Waals surface area contributed by atoms with Crippen LogP contribution in [0.25, 0.3) is 16.7 Å². The number of carbonyl (C=O) groups excluding carboxylic acids is 1. The molecule has 0 unspecified atom stereocenters. The molecule has 0 spiro atoms. The van der Waals surface area contributed by atoms with Crippen molar-refractivity contribution in [1.29, 1.82) is 0 Å². The predicted octanol–water partition coefficient (Wildman–Crippen LogP) is 2.88. The zero-order valence-corrected chi connectivity index (χ0v) is 17.7. The monoisotopic (exact) mass is 399 g/mol. The number of aromatic nitrogens is 4. The van der Waals surface area contributed by atoms with Crippen LogP contribution in [0.4, 0.5) is 10.6 Å². The molecule has 0 fully saturated rings. The molecule has 3 rings (SSSR count). The van der Waals surface area contributed by atoms with Gasteiger partial charge in [0.2, 0.25) is 5.65 Å². The fourth-order valence-corrected chi connectivity index (χ4v) is 3.05. The Morgan fingerprint density at radius 3 is 2.66 bits per heavy atom. The Labute approximate surface area is 170 Å². The van der Waals surface area contributed by atoms with Gasteiger partial charge in [-0.05, 0) is 52.7 Å². The minimum atomic E-state index is -0.238. The van der Waals surface area contributed by atoms with E-state index in [-0.39, 0.29) is 11.6 Å². The highest BCUT2D eigenvalue weighted by Gasteiger charge is 2.14. The van der Waals surface area contributed by atoms with Crippen LogP contribution >= 0.6 is 0 Å². The molecule has 0 aliphatic carbocycles. The lowest BCUT2D eigenvalue weighted by Crippen LogP contribution is -2.46. The van der Waals surface area contributed by atoms with Crippen molar-refractivity contribution in [2.45, 2.75) is 46.1 Å². The molecule has 0 radical (unpaired) electrons. The lowest BCUT2D eigenvalue weighted by Gasteiger charge is -2.20. The van der Waals surface area contributed by atoms with Crippen molar-refractivity contribution in [3.05, 3.63) is 24.0 Å². The summed E-state index contributed by atoms with van der Waals surface area (Å²) in [5, 5.41) is 17.6. The van der Waals surface area contributed by atoms with Gasteiger partial charge in [0.25, 0.3) is 0 Å². The first-order valence-corrected chi connectivity index (χ1v) is 9.78. The van der Waals surface area contributed by atoms with Crippen LogP contribution in [0.1, 0.15) is 39.4 Å². The number of ether oxygens (including phenoxy) is 1. The molecule has 9 heteroatoms. The zero-order valence-electron chi connectivity index (χ0n) is 17.7. The molecule has 2 aromatic heterocycles. The van der Waals surface area contributed by atoms with Crippen molar-refractivity contribution in [2.75, 3.05) is 25.5 Å². The van der Waals surface area contributed by atoms with Gasteiger partial charge in [0, 0.05) is 24.7 Å². The second-order valence-electron chi connectivity index (χ2n) is 7.99. The van der Waals surface area contributed by atoms with E-state index in [1.54, 1.807) is 7.11 Å². The number of aryl methyl sites for hydroxylation is 1. The summed E-state index contributed by atoms with van der Waals surface area (Å²) in [6, 6.07) is 5.62. The average Bonchev–Trinajstić information content (AvgIpc) is 3.04. The van der Waals surface area contributed by atoms with Gasteiger partial charge in [0.05, 0.1) is 18.1 Å². The smallest absolute Gasteiger partial charge is 0.315 e. The second-order valence-corrected chi connectivity index (χ2v) is 7.99. The normalized spacial score (nSPS) is 11.6. The summed E-state index contributed by atoms with van der Waals surface area (Å²) >= 11 is 0. The number of nitrogens with zero attached hydrogens (tertiary/aromatic N) is 4. The van der Waals surface area contributed by atoms with Crippen LogP contribution in [0.15, 0.2) is 18.2 Å². The van der Waals surface area contributed by atoms with Crippen LogP contribution in [0, 0.1) is 6.92 Å². The number of urea groups is 1. The quantitative estimate of drug-likeness (QED) is 0.528. The van der Waals surface area contributed by atoms with Gasteiger partial charge < -0.3 is 20.7 Å². The van der Waals surface area contributed by atoms with Crippen LogP contribution in [0.2, 0.25) is 0 Å². The van der Waals surface area contributed by atoms with Crippen LogP contribution < -0.4 is 20.7 Å². The lowest BCUT2D eigenvalue weighted by atomic mass is 10.1. The summed E-state index contributed by atoms with van der Waals surface area (Å²) in [5.74, 6) is 2.24. The highest BCUT2D eigenvalue weighted by Crippen LogP contribution is 2.24. The van der Waals surface area contributed by atoms with Gasteiger partial charge in [0.15, 0.2) is 5.82 Å². The van der Waals surface area contributed by atoms with Gasteiger partial charge in [-0.15, -0.1) is 10.2 Å². The lowest BCUT2D eigenvalue weighted by molar-refractivity contribution is 0.232. The Hall–Kier alpha value is -3.10. The molecule has 2 amide bonds. The molecule has 0 aliphatic rings. The molecule has 0 aliphatic heterocycles. The van der Waals surface area contributed by atoms with E-state index in [9.17, 15) is 4.79 Å². The predicted molar refractivity (Wildman–Crippen MR) is 114 cm³/mol. The third-order valence-corrected chi connectivity index (χ3v) is 4.36. The van der Waals surface area contributed by atoms with Crippen molar-refractivity contribution in [2.24, 2.45) is 0 Å². The highest BCUT2D eigenvalue weighted by atomic mass is 16.5. The van der Waals surface area contributed by atoms with Crippen LogP contribution in [0.3, 0.4) is 0 Å². The molecule has 0 bridgehead atoms. The maximum absolute atomic E-state index is 11.8. The van der Waals surface area contributed by atoms with Gasteiger partial charge in [-0.1, -0.05) is 0 Å². The number of nitrogens with one attached hydrogen (secondary N) is 3. The zero-order chi connectivity index (χ0) is 21.0. The van der Waals surface area contributed by atoms with E-state index >= 15 is 0 Å². The fraction of sp³-hybridized carbons (Fsp3) is 0.500. The number of amides is 2. The van der Waals surface area contributed by atoms with Gasteiger partial charge in [-0.3, -0.25) is 4.40 Å². The summed E-state index contributed by atoms with van der Waals surface area (Å²) in [4.78, 5) is 16.5. The summed E-state index contributed by atoms with van der Waals surface area (Å²) < 4.78 is 7.31. The number of fused-ring (bicyclic) bond motifs is 3. The van der Waals surface area contributed by atoms with E-state index in [2.05, 4.69) is 26.1 Å². The fourth-order valence-electron chi connectivity index (χ4n) is 3.05. The standard InChI is InChI=1S/C20H29N7O2/c1-13-25-26-18-17(21-10-6-7-11-22-19(28)24-20(2,3)4)23-15-12-14(29-5)8-9-16(15)27(13)18/h8-9,12H,6-7,10-11H2,1-5H3,(H,21,23)(H2,22,24,28). The number of methoxy groups -OCH3 is 1. The highest BCUT2D eigenvalue weighted by molar-refractivity contribution is 5.84. The van der Waals surface area contributed by atoms with Crippen LogP contribution in [0.5, 0.6) is 5.75 Å². The molecule has 0 saturated heterocycles. The number of anilines is 1. The van der Waals surface area contributed by atoms with E-state index in [4.69, 9.17) is 9.72 Å². The number of benzene rings is 1. The van der Waals surface area contributed by atoms with Gasteiger partial charge >= 0.3 is 6.03 Å². The Morgan fingerprint density at radius 2 is 1.93 bits per heavy atom. The largest absolute Gasteiger partial charge is 0.497 e. The third kappa shape index (κ3) is 5.04. The van der Waals surface area contributed by atoms with Gasteiger partial charge in [-0.2, -0.15) is 0 Å². The average molecular weight is 399 g/mol. The minimum Gasteiger partial charge on any atom is -0.497 e. The topological polar surface area (TPSA) is 105 Å². The molecule has 3 aromatic rings. The molecule has 0 saturated carbocycles. The second kappa shape index (κ2) is 8.50. The molecule has 9 nitrogen and oxygen atoms in total. The molecular formula is C20H29N7O2. The number of hydrogen-bond acceptors (Lipinski definition) is 6. The third-order valence-electron chi connectivity index (χ3n) is 4.36. The summed E-state index contributed by atoms with van der Waals surface area (Å²) in [5.41, 5.74) is 2.20. The van der Waals surface area contributed by atoms with E-state index in [0.29, 0.717) is 24.6 Å². The van der Waals surface area contributed by atoms with Crippen LogP contribution in [-0.2, 0) is 0 Å². The van der Waals surface area contributed by atoms with Crippen molar-refractivity contribution in [1.82, 2.24) is 30.2 Å². The summed E-state index contributed by atoms with van der Waals surface area (Å²) in [7, 11) is 1.64. The Kier molecular flexibility index (Phi) is 6.05. The van der Waals surface area contributed by atoms with E-state index in [1.165, 1.54) is 0 Å². The number of carbonyl (C=O) groups is 1. The number of unbranched alkanes of at least 4 members (excludes halogenated alkanes) is 1. The van der Waals surface area contributed by atoms with Crippen molar-refractivity contribution < 1.29 is 9.53 Å². The maximum atomic E-state index is 11.8. The minimum absolute atomic E-state index is 0.142.